The number of fused-ring (bicyclic) bond motifs is 1. The summed E-state index contributed by atoms with van der Waals surface area (Å²) in [6.45, 7) is 0.671. The lowest BCUT2D eigenvalue weighted by molar-refractivity contribution is -0.275. The maximum atomic E-state index is 13.0. The van der Waals surface area contributed by atoms with E-state index in [-0.39, 0.29) is 48.5 Å². The fourth-order valence-corrected chi connectivity index (χ4v) is 4.68. The van der Waals surface area contributed by atoms with Gasteiger partial charge in [0.05, 0.1) is 18.2 Å². The van der Waals surface area contributed by atoms with Gasteiger partial charge in [-0.15, -0.1) is 13.2 Å². The van der Waals surface area contributed by atoms with Crippen LogP contribution in [0.5, 0.6) is 11.5 Å². The summed E-state index contributed by atoms with van der Waals surface area (Å²) in [5.41, 5.74) is 1.97. The molecule has 1 atom stereocenters. The first kappa shape index (κ1) is 23.8. The first-order valence-corrected chi connectivity index (χ1v) is 11.7. The normalized spacial score (nSPS) is 18.8. The number of amides is 2. The van der Waals surface area contributed by atoms with Crippen LogP contribution >= 0.6 is 0 Å². The number of benzene rings is 2. The number of hydrogen-bond acceptors (Lipinski definition) is 6. The summed E-state index contributed by atoms with van der Waals surface area (Å²) < 4.78 is 54.7. The lowest BCUT2D eigenvalue weighted by Crippen LogP contribution is -2.49. The van der Waals surface area contributed by atoms with Crippen molar-refractivity contribution in [1.82, 2.24) is 15.2 Å². The Morgan fingerprint density at radius 2 is 2.00 bits per heavy atom. The molecule has 0 radical (unpaired) electrons. The van der Waals surface area contributed by atoms with Crippen molar-refractivity contribution in [3.05, 3.63) is 53.4 Å². The van der Waals surface area contributed by atoms with E-state index < -0.39 is 6.36 Å². The van der Waals surface area contributed by atoms with E-state index in [4.69, 9.17) is 9.15 Å². The minimum Gasteiger partial charge on any atom is -0.487 e. The van der Waals surface area contributed by atoms with E-state index in [1.807, 2.05) is 0 Å². The second-order valence-corrected chi connectivity index (χ2v) is 8.91. The molecule has 0 spiro atoms. The molecule has 0 bridgehead atoms. The van der Waals surface area contributed by atoms with E-state index >= 15 is 0 Å². The van der Waals surface area contributed by atoms with Crippen molar-refractivity contribution in [2.45, 2.75) is 50.6 Å². The Kier molecular flexibility index (Phi) is 6.35. The van der Waals surface area contributed by atoms with Crippen LogP contribution < -0.4 is 14.8 Å². The molecule has 11 heteroatoms. The lowest BCUT2D eigenvalue weighted by atomic mass is 9.96. The third-order valence-electron chi connectivity index (χ3n) is 6.40. The molecule has 5 rings (SSSR count). The van der Waals surface area contributed by atoms with E-state index in [1.54, 1.807) is 30.3 Å². The zero-order valence-electron chi connectivity index (χ0n) is 19.2. The third-order valence-corrected chi connectivity index (χ3v) is 6.40. The minimum atomic E-state index is -4.84. The van der Waals surface area contributed by atoms with Crippen LogP contribution in [0, 0.1) is 11.3 Å². The second kappa shape index (κ2) is 9.60. The number of aromatic nitrogens is 1. The van der Waals surface area contributed by atoms with Crippen LogP contribution in [-0.4, -0.2) is 41.5 Å². The number of oxazole rings is 1. The van der Waals surface area contributed by atoms with Gasteiger partial charge >= 0.3 is 12.4 Å². The molecule has 1 aromatic heterocycles. The van der Waals surface area contributed by atoms with Gasteiger partial charge in [0, 0.05) is 19.0 Å². The summed E-state index contributed by atoms with van der Waals surface area (Å²) in [5, 5.41) is 12.1. The van der Waals surface area contributed by atoms with Crippen molar-refractivity contribution in [1.29, 1.82) is 5.26 Å². The molecule has 2 aromatic carbocycles. The highest BCUT2D eigenvalue weighted by molar-refractivity contribution is 5.79. The molecule has 1 unspecified atom stereocenters. The number of nitrogens with zero attached hydrogens (tertiary/aromatic N) is 3. The van der Waals surface area contributed by atoms with Crippen LogP contribution in [0.15, 0.2) is 40.8 Å². The first-order valence-electron chi connectivity index (χ1n) is 11.7. The topological polar surface area (TPSA) is 101 Å². The highest BCUT2D eigenvalue weighted by Gasteiger charge is 2.34. The van der Waals surface area contributed by atoms with Crippen LogP contribution in [0.1, 0.15) is 48.6 Å². The molecule has 2 amide bonds. The zero-order chi connectivity index (χ0) is 25.3. The van der Waals surface area contributed by atoms with Gasteiger partial charge in [0.2, 0.25) is 5.89 Å². The molecule has 8 nitrogen and oxygen atoms in total. The summed E-state index contributed by atoms with van der Waals surface area (Å²) in [4.78, 5) is 18.4. The smallest absolute Gasteiger partial charge is 0.487 e. The number of carbonyl (C=O) groups excluding carboxylic acids is 1. The highest BCUT2D eigenvalue weighted by atomic mass is 19.4. The summed E-state index contributed by atoms with van der Waals surface area (Å²) >= 11 is 0. The minimum absolute atomic E-state index is 0.0446. The molecule has 36 heavy (non-hydrogen) atoms. The summed E-state index contributed by atoms with van der Waals surface area (Å²) in [7, 11) is 0. The van der Waals surface area contributed by atoms with E-state index in [2.05, 4.69) is 21.1 Å². The highest BCUT2D eigenvalue weighted by Crippen LogP contribution is 2.38. The monoisotopic (exact) mass is 500 g/mol. The van der Waals surface area contributed by atoms with Crippen LogP contribution in [0.4, 0.5) is 18.0 Å². The predicted molar refractivity (Wildman–Crippen MR) is 121 cm³/mol. The van der Waals surface area contributed by atoms with Crippen LogP contribution in [0.2, 0.25) is 0 Å². The first-order chi connectivity index (χ1) is 17.3. The number of hydrogen-bond donors (Lipinski definition) is 1. The summed E-state index contributed by atoms with van der Waals surface area (Å²) in [6, 6.07) is 11.2. The fourth-order valence-electron chi connectivity index (χ4n) is 4.68. The Hall–Kier alpha value is -3.94. The lowest BCUT2D eigenvalue weighted by Gasteiger charge is -2.33. The SMILES string of the molecule is N#Cc1cccc2oc(CN3CC(c4ccc(OC(F)(F)F)c(OC5CCCC5)c4)CNC3=O)nc12. The van der Waals surface area contributed by atoms with Crippen LogP contribution in [0.25, 0.3) is 11.1 Å². The van der Waals surface area contributed by atoms with Crippen LogP contribution in [-0.2, 0) is 6.54 Å². The Morgan fingerprint density at radius 1 is 1.19 bits per heavy atom. The van der Waals surface area contributed by atoms with Gasteiger partial charge in [-0.1, -0.05) is 12.1 Å². The van der Waals surface area contributed by atoms with E-state index in [9.17, 15) is 23.2 Å². The average molecular weight is 500 g/mol. The standard InChI is InChI=1S/C25H23F3N4O4/c26-25(27,28)36-19-9-8-15(10-21(19)34-18-5-1-2-6-18)17-12-30-24(33)32(13-17)14-22-31-23-16(11-29)4-3-7-20(23)35-22/h3-4,7-10,17-18H,1-2,5-6,12-14H2,(H,30,33). The van der Waals surface area contributed by atoms with E-state index in [1.165, 1.54) is 11.0 Å². The van der Waals surface area contributed by atoms with Gasteiger partial charge in [0.15, 0.2) is 17.1 Å². The molecule has 1 aliphatic carbocycles. The molecule has 2 fully saturated rings. The Balaban J connectivity index is 1.36. The van der Waals surface area contributed by atoms with Gasteiger partial charge in [-0.2, -0.15) is 5.26 Å². The number of rotatable bonds is 6. The van der Waals surface area contributed by atoms with Gasteiger partial charge < -0.3 is 24.1 Å². The summed E-state index contributed by atoms with van der Waals surface area (Å²) in [6.07, 6.45) is -1.50. The molecular weight excluding hydrogens is 477 g/mol. The van der Waals surface area contributed by atoms with Crippen molar-refractivity contribution >= 4 is 17.1 Å². The largest absolute Gasteiger partial charge is 0.573 e. The molecule has 1 saturated carbocycles. The van der Waals surface area contributed by atoms with Gasteiger partial charge in [-0.3, -0.25) is 0 Å². The molecule has 2 aliphatic rings. The van der Waals surface area contributed by atoms with Crippen molar-refractivity contribution in [2.75, 3.05) is 13.1 Å². The molecule has 1 aliphatic heterocycles. The van der Waals surface area contributed by atoms with Gasteiger partial charge in [-0.25, -0.2) is 9.78 Å². The molecule has 1 saturated heterocycles. The van der Waals surface area contributed by atoms with Crippen molar-refractivity contribution in [2.24, 2.45) is 0 Å². The number of nitrogens with one attached hydrogen (secondary N) is 1. The molecule has 1 N–H and O–H groups in total. The van der Waals surface area contributed by atoms with Crippen LogP contribution in [0.3, 0.4) is 0 Å². The molecule has 2 heterocycles. The zero-order valence-corrected chi connectivity index (χ0v) is 19.2. The number of para-hydroxylation sites is 1. The second-order valence-electron chi connectivity index (χ2n) is 8.91. The number of halogens is 3. The fraction of sp³-hybridized carbons (Fsp3) is 0.400. The van der Waals surface area contributed by atoms with E-state index in [0.29, 0.717) is 28.8 Å². The molecule has 3 aromatic rings. The number of urea groups is 1. The summed E-state index contributed by atoms with van der Waals surface area (Å²) in [5.74, 6) is -0.270. The van der Waals surface area contributed by atoms with Gasteiger partial charge in [0.25, 0.3) is 0 Å². The predicted octanol–water partition coefficient (Wildman–Crippen LogP) is 5.23. The Labute approximate surface area is 204 Å². The number of nitriles is 1. The van der Waals surface area contributed by atoms with Gasteiger partial charge in [-0.05, 0) is 55.5 Å². The van der Waals surface area contributed by atoms with Gasteiger partial charge in [0.1, 0.15) is 11.6 Å². The number of ether oxygens (including phenoxy) is 2. The average Bonchev–Trinajstić information content (AvgIpc) is 3.50. The van der Waals surface area contributed by atoms with Crippen molar-refractivity contribution in [3.63, 3.8) is 0 Å². The molecular formula is C25H23F3N4O4. The maximum Gasteiger partial charge on any atom is 0.573 e. The third kappa shape index (κ3) is 5.17. The van der Waals surface area contributed by atoms with E-state index in [0.717, 1.165) is 25.7 Å². The maximum absolute atomic E-state index is 13.0. The number of alkyl halides is 3. The van der Waals surface area contributed by atoms with Crippen molar-refractivity contribution < 1.29 is 31.9 Å². The quantitative estimate of drug-likeness (QED) is 0.498. The Morgan fingerprint density at radius 3 is 2.75 bits per heavy atom. The number of carbonyl (C=O) groups is 1. The Bertz CT molecular complexity index is 1310. The molecule has 188 valence electrons. The van der Waals surface area contributed by atoms with Crippen molar-refractivity contribution in [3.8, 4) is 17.6 Å².